The van der Waals surface area contributed by atoms with Crippen LogP contribution in [0.25, 0.3) is 0 Å². The van der Waals surface area contributed by atoms with E-state index in [1.807, 2.05) is 30.5 Å². The van der Waals surface area contributed by atoms with Crippen molar-refractivity contribution >= 4 is 28.8 Å². The molecule has 4 nitrogen and oxygen atoms in total. The highest BCUT2D eigenvalue weighted by Gasteiger charge is 2.25. The molecule has 0 radical (unpaired) electrons. The van der Waals surface area contributed by atoms with Crippen LogP contribution in [0.2, 0.25) is 0 Å². The third-order valence-electron chi connectivity index (χ3n) is 4.25. The summed E-state index contributed by atoms with van der Waals surface area (Å²) in [6.45, 7) is 3.98. The van der Waals surface area contributed by atoms with Gasteiger partial charge in [0.1, 0.15) is 0 Å². The molecule has 0 saturated heterocycles. The summed E-state index contributed by atoms with van der Waals surface area (Å²) in [4.78, 5) is 9.01. The molecule has 4 rings (SSSR count). The average molecular weight is 336 g/mol. The van der Waals surface area contributed by atoms with Gasteiger partial charge in [-0.15, -0.1) is 0 Å². The standard InChI is InChI=1S/C19H20N4S/c1-14-11-15(20)19-18(12-14)24-17-6-3-2-5-16(17)23(19)9-4-8-22-10-7-21-13-22/h2-3,5-7,10-13H,4,8-9,20H2,1H3. The van der Waals surface area contributed by atoms with E-state index in [1.165, 1.54) is 21.0 Å². The van der Waals surface area contributed by atoms with E-state index < -0.39 is 0 Å². The predicted molar refractivity (Wildman–Crippen MR) is 100 cm³/mol. The summed E-state index contributed by atoms with van der Waals surface area (Å²) in [5, 5.41) is 0. The molecule has 0 bridgehead atoms. The van der Waals surface area contributed by atoms with Crippen molar-refractivity contribution in [3.05, 3.63) is 60.7 Å². The van der Waals surface area contributed by atoms with Crippen LogP contribution in [-0.2, 0) is 6.54 Å². The summed E-state index contributed by atoms with van der Waals surface area (Å²) in [7, 11) is 0. The zero-order chi connectivity index (χ0) is 16.5. The molecule has 1 aliphatic heterocycles. The van der Waals surface area contributed by atoms with Gasteiger partial charge in [0.2, 0.25) is 0 Å². The molecule has 122 valence electrons. The Hall–Kier alpha value is -2.40. The monoisotopic (exact) mass is 336 g/mol. The number of nitrogen functional groups attached to an aromatic ring is 1. The number of fused-ring (bicyclic) bond motifs is 2. The Morgan fingerprint density at radius 2 is 2.00 bits per heavy atom. The highest BCUT2D eigenvalue weighted by molar-refractivity contribution is 7.99. The molecule has 1 aliphatic rings. The van der Waals surface area contributed by atoms with Gasteiger partial charge in [-0.3, -0.25) is 0 Å². The molecule has 1 aromatic heterocycles. The zero-order valence-electron chi connectivity index (χ0n) is 13.6. The minimum Gasteiger partial charge on any atom is -0.397 e. The van der Waals surface area contributed by atoms with Crippen molar-refractivity contribution < 1.29 is 0 Å². The van der Waals surface area contributed by atoms with E-state index in [4.69, 9.17) is 5.73 Å². The van der Waals surface area contributed by atoms with Crippen LogP contribution in [0.1, 0.15) is 12.0 Å². The quantitative estimate of drug-likeness (QED) is 0.714. The second-order valence-corrected chi connectivity index (χ2v) is 7.16. The first-order chi connectivity index (χ1) is 11.7. The molecule has 24 heavy (non-hydrogen) atoms. The van der Waals surface area contributed by atoms with Crippen LogP contribution < -0.4 is 10.6 Å². The second-order valence-electron chi connectivity index (χ2n) is 6.08. The number of aromatic nitrogens is 2. The van der Waals surface area contributed by atoms with Crippen molar-refractivity contribution in [2.75, 3.05) is 17.2 Å². The normalized spacial score (nSPS) is 12.8. The Morgan fingerprint density at radius 3 is 2.83 bits per heavy atom. The van der Waals surface area contributed by atoms with E-state index in [0.717, 1.165) is 30.9 Å². The highest BCUT2D eigenvalue weighted by Crippen LogP contribution is 2.50. The van der Waals surface area contributed by atoms with E-state index in [2.05, 4.69) is 57.8 Å². The molecule has 0 fully saturated rings. The SMILES string of the molecule is Cc1cc(N)c2c(c1)Sc1ccccc1N2CCCn1ccnc1. The number of aryl methyl sites for hydroxylation is 2. The topological polar surface area (TPSA) is 47.1 Å². The van der Waals surface area contributed by atoms with Crippen LogP contribution in [0.3, 0.4) is 0 Å². The van der Waals surface area contributed by atoms with Crippen LogP contribution in [0.5, 0.6) is 0 Å². The van der Waals surface area contributed by atoms with Gasteiger partial charge in [-0.1, -0.05) is 23.9 Å². The van der Waals surface area contributed by atoms with Gasteiger partial charge < -0.3 is 15.2 Å². The Morgan fingerprint density at radius 1 is 1.12 bits per heavy atom. The summed E-state index contributed by atoms with van der Waals surface area (Å²) in [6, 6.07) is 12.9. The zero-order valence-corrected chi connectivity index (χ0v) is 14.5. The van der Waals surface area contributed by atoms with E-state index in [9.17, 15) is 0 Å². The van der Waals surface area contributed by atoms with Crippen LogP contribution in [0.4, 0.5) is 17.1 Å². The summed E-state index contributed by atoms with van der Waals surface area (Å²) < 4.78 is 2.12. The lowest BCUT2D eigenvalue weighted by molar-refractivity contribution is 0.642. The van der Waals surface area contributed by atoms with Gasteiger partial charge in [-0.25, -0.2) is 4.98 Å². The van der Waals surface area contributed by atoms with Gasteiger partial charge in [-0.05, 0) is 43.2 Å². The number of anilines is 3. The van der Waals surface area contributed by atoms with Gasteiger partial charge in [0.05, 0.1) is 23.4 Å². The molecule has 2 aromatic carbocycles. The molecule has 2 heterocycles. The highest BCUT2D eigenvalue weighted by atomic mass is 32.2. The largest absolute Gasteiger partial charge is 0.397 e. The molecule has 0 spiro atoms. The molecule has 0 aliphatic carbocycles. The van der Waals surface area contributed by atoms with Gasteiger partial charge in [-0.2, -0.15) is 0 Å². The summed E-state index contributed by atoms with van der Waals surface area (Å²) in [5.74, 6) is 0. The van der Waals surface area contributed by atoms with Crippen molar-refractivity contribution in [3.63, 3.8) is 0 Å². The Kier molecular flexibility index (Phi) is 3.94. The fraction of sp³-hybridized carbons (Fsp3) is 0.211. The first kappa shape index (κ1) is 15.1. The van der Waals surface area contributed by atoms with Crippen molar-refractivity contribution in [2.45, 2.75) is 29.7 Å². The predicted octanol–water partition coefficient (Wildman–Crippen LogP) is 4.47. The van der Waals surface area contributed by atoms with E-state index >= 15 is 0 Å². The van der Waals surface area contributed by atoms with Crippen molar-refractivity contribution in [2.24, 2.45) is 0 Å². The molecule has 2 N–H and O–H groups in total. The van der Waals surface area contributed by atoms with Crippen LogP contribution >= 0.6 is 11.8 Å². The maximum absolute atomic E-state index is 6.39. The maximum atomic E-state index is 6.39. The number of hydrogen-bond acceptors (Lipinski definition) is 4. The molecule has 0 amide bonds. The smallest absolute Gasteiger partial charge is 0.0945 e. The Balaban J connectivity index is 1.67. The number of rotatable bonds is 4. The fourth-order valence-corrected chi connectivity index (χ4v) is 4.44. The van der Waals surface area contributed by atoms with Crippen LogP contribution in [0, 0.1) is 6.92 Å². The number of imidazole rings is 1. The lowest BCUT2D eigenvalue weighted by Gasteiger charge is -2.34. The molecular weight excluding hydrogens is 316 g/mol. The number of nitrogens with two attached hydrogens (primary N) is 1. The number of hydrogen-bond donors (Lipinski definition) is 1. The first-order valence-electron chi connectivity index (χ1n) is 8.12. The number of para-hydroxylation sites is 1. The van der Waals surface area contributed by atoms with Gasteiger partial charge in [0, 0.05) is 35.3 Å². The Bertz CT molecular complexity index is 858. The molecular formula is C19H20N4S. The first-order valence-corrected chi connectivity index (χ1v) is 8.94. The van der Waals surface area contributed by atoms with Gasteiger partial charge in [0.25, 0.3) is 0 Å². The van der Waals surface area contributed by atoms with Gasteiger partial charge in [0.15, 0.2) is 0 Å². The third kappa shape index (κ3) is 2.76. The minimum atomic E-state index is 0.856. The van der Waals surface area contributed by atoms with Crippen LogP contribution in [-0.4, -0.2) is 16.1 Å². The molecule has 0 saturated carbocycles. The molecule has 3 aromatic rings. The van der Waals surface area contributed by atoms with Gasteiger partial charge >= 0.3 is 0 Å². The Labute approximate surface area is 146 Å². The van der Waals surface area contributed by atoms with Crippen molar-refractivity contribution in [3.8, 4) is 0 Å². The lowest BCUT2D eigenvalue weighted by Crippen LogP contribution is -2.24. The maximum Gasteiger partial charge on any atom is 0.0945 e. The third-order valence-corrected chi connectivity index (χ3v) is 5.35. The minimum absolute atomic E-state index is 0.856. The van der Waals surface area contributed by atoms with Crippen molar-refractivity contribution in [1.29, 1.82) is 0 Å². The molecule has 0 atom stereocenters. The molecule has 5 heteroatoms. The number of benzene rings is 2. The average Bonchev–Trinajstić information content (AvgIpc) is 3.07. The van der Waals surface area contributed by atoms with Crippen molar-refractivity contribution in [1.82, 2.24) is 9.55 Å². The van der Waals surface area contributed by atoms with E-state index in [1.54, 1.807) is 0 Å². The molecule has 0 unspecified atom stereocenters. The van der Waals surface area contributed by atoms with Crippen LogP contribution in [0.15, 0.2) is 64.9 Å². The number of nitrogens with zero attached hydrogens (tertiary/aromatic N) is 3. The summed E-state index contributed by atoms with van der Waals surface area (Å²) in [6.07, 6.45) is 6.72. The second kappa shape index (κ2) is 6.24. The summed E-state index contributed by atoms with van der Waals surface area (Å²) >= 11 is 1.81. The van der Waals surface area contributed by atoms with E-state index in [-0.39, 0.29) is 0 Å². The van der Waals surface area contributed by atoms with E-state index in [0.29, 0.717) is 0 Å². The summed E-state index contributed by atoms with van der Waals surface area (Å²) in [5.41, 5.74) is 10.8. The fourth-order valence-electron chi connectivity index (χ4n) is 3.21. The lowest BCUT2D eigenvalue weighted by atomic mass is 10.1.